The van der Waals surface area contributed by atoms with E-state index in [4.69, 9.17) is 4.74 Å². The van der Waals surface area contributed by atoms with Gasteiger partial charge in [0.2, 0.25) is 0 Å². The van der Waals surface area contributed by atoms with Crippen LogP contribution in [0.3, 0.4) is 0 Å². The fraction of sp³-hybridized carbons (Fsp3) is 0.350. The number of urea groups is 1. The first-order valence-corrected chi connectivity index (χ1v) is 8.69. The number of rotatable bonds is 3. The second kappa shape index (κ2) is 7.50. The number of alkyl halides is 3. The lowest BCUT2D eigenvalue weighted by molar-refractivity contribution is -0.137. The van der Waals surface area contributed by atoms with Gasteiger partial charge in [-0.05, 0) is 49.1 Å². The quantitative estimate of drug-likeness (QED) is 0.778. The topological polar surface area (TPSA) is 41.6 Å². The number of methoxy groups -OCH3 is 1. The molecule has 1 aliphatic heterocycles. The molecule has 0 aliphatic carbocycles. The highest BCUT2D eigenvalue weighted by atomic mass is 19.4. The first kappa shape index (κ1) is 19.1. The van der Waals surface area contributed by atoms with Crippen molar-refractivity contribution in [1.82, 2.24) is 4.90 Å². The minimum Gasteiger partial charge on any atom is -0.497 e. The molecular weight excluding hydrogens is 357 g/mol. The predicted octanol–water partition coefficient (Wildman–Crippen LogP) is 5.39. The number of benzene rings is 2. The number of ether oxygens (including phenoxy) is 1. The Morgan fingerprint density at radius 3 is 2.63 bits per heavy atom. The first-order chi connectivity index (χ1) is 12.8. The summed E-state index contributed by atoms with van der Waals surface area (Å²) in [6.45, 7) is 2.47. The Morgan fingerprint density at radius 1 is 1.22 bits per heavy atom. The zero-order valence-corrected chi connectivity index (χ0v) is 15.1. The van der Waals surface area contributed by atoms with E-state index in [-0.39, 0.29) is 17.5 Å². The maximum absolute atomic E-state index is 13.4. The third-order valence-electron chi connectivity index (χ3n) is 4.83. The van der Waals surface area contributed by atoms with Crippen LogP contribution in [0.5, 0.6) is 5.75 Å². The number of nitrogens with one attached hydrogen (secondary N) is 1. The van der Waals surface area contributed by atoms with Crippen molar-refractivity contribution in [1.29, 1.82) is 0 Å². The molecule has 1 aliphatic rings. The molecule has 3 rings (SSSR count). The summed E-state index contributed by atoms with van der Waals surface area (Å²) in [5.41, 5.74) is 0.879. The van der Waals surface area contributed by atoms with Crippen LogP contribution in [0.25, 0.3) is 0 Å². The number of carbonyl (C=O) groups is 1. The first-order valence-electron chi connectivity index (χ1n) is 8.69. The van der Waals surface area contributed by atoms with Crippen LogP contribution in [0.15, 0.2) is 42.5 Å². The standard InChI is InChI=1S/C20H21F3N2O2/c1-13-6-3-4-7-15(13)18-8-5-11-25(18)19(26)24-17-10-9-14(27-2)12-16(17)20(21,22)23/h3-4,6-7,9-10,12,18H,5,8,11H2,1-2H3,(H,24,26)/t18-/m1/s1. The third-order valence-corrected chi connectivity index (χ3v) is 4.83. The molecule has 0 spiro atoms. The van der Waals surface area contributed by atoms with Crippen molar-refractivity contribution in [2.24, 2.45) is 0 Å². The van der Waals surface area contributed by atoms with E-state index in [9.17, 15) is 18.0 Å². The van der Waals surface area contributed by atoms with E-state index in [1.54, 1.807) is 4.90 Å². The van der Waals surface area contributed by atoms with Gasteiger partial charge in [0.25, 0.3) is 0 Å². The summed E-state index contributed by atoms with van der Waals surface area (Å²) in [6, 6.07) is 10.6. The summed E-state index contributed by atoms with van der Waals surface area (Å²) in [5.74, 6) is 0.0827. The van der Waals surface area contributed by atoms with Gasteiger partial charge in [0.05, 0.1) is 24.4 Å². The molecule has 1 saturated heterocycles. The smallest absolute Gasteiger partial charge is 0.418 e. The van der Waals surface area contributed by atoms with E-state index in [1.807, 2.05) is 31.2 Å². The molecule has 4 nitrogen and oxygen atoms in total. The zero-order chi connectivity index (χ0) is 19.6. The van der Waals surface area contributed by atoms with Crippen molar-refractivity contribution in [3.63, 3.8) is 0 Å². The number of amides is 2. The van der Waals surface area contributed by atoms with Crippen LogP contribution in [-0.4, -0.2) is 24.6 Å². The van der Waals surface area contributed by atoms with Gasteiger partial charge in [-0.2, -0.15) is 13.2 Å². The number of hydrogen-bond acceptors (Lipinski definition) is 2. The second-order valence-corrected chi connectivity index (χ2v) is 6.55. The van der Waals surface area contributed by atoms with Gasteiger partial charge < -0.3 is 15.0 Å². The average Bonchev–Trinajstić information content (AvgIpc) is 3.11. The van der Waals surface area contributed by atoms with Gasteiger partial charge in [0.15, 0.2) is 0 Å². The van der Waals surface area contributed by atoms with Crippen LogP contribution in [-0.2, 0) is 6.18 Å². The zero-order valence-electron chi connectivity index (χ0n) is 15.1. The van der Waals surface area contributed by atoms with E-state index in [2.05, 4.69) is 5.32 Å². The van der Waals surface area contributed by atoms with Crippen molar-refractivity contribution in [2.75, 3.05) is 19.0 Å². The lowest BCUT2D eigenvalue weighted by Gasteiger charge is -2.27. The molecule has 0 radical (unpaired) electrons. The molecule has 1 atom stereocenters. The molecule has 0 bridgehead atoms. The average molecular weight is 378 g/mol. The highest BCUT2D eigenvalue weighted by Gasteiger charge is 2.36. The minimum atomic E-state index is -4.60. The Labute approximate surface area is 155 Å². The summed E-state index contributed by atoms with van der Waals surface area (Å²) in [4.78, 5) is 14.4. The maximum Gasteiger partial charge on any atom is 0.418 e. The van der Waals surface area contributed by atoms with Gasteiger partial charge in [0.1, 0.15) is 5.75 Å². The number of likely N-dealkylation sites (tertiary alicyclic amines) is 1. The number of carbonyl (C=O) groups excluding carboxylic acids is 1. The highest BCUT2D eigenvalue weighted by molar-refractivity contribution is 5.91. The van der Waals surface area contributed by atoms with Crippen LogP contribution in [0, 0.1) is 6.92 Å². The molecule has 0 saturated carbocycles. The Hall–Kier alpha value is -2.70. The molecule has 2 aromatic carbocycles. The van der Waals surface area contributed by atoms with Gasteiger partial charge in [-0.3, -0.25) is 0 Å². The Balaban J connectivity index is 1.86. The lowest BCUT2D eigenvalue weighted by atomic mass is 9.99. The van der Waals surface area contributed by atoms with Gasteiger partial charge >= 0.3 is 12.2 Å². The summed E-state index contributed by atoms with van der Waals surface area (Å²) in [7, 11) is 1.30. The van der Waals surface area contributed by atoms with Crippen molar-refractivity contribution in [2.45, 2.75) is 32.0 Å². The predicted molar refractivity (Wildman–Crippen MR) is 96.9 cm³/mol. The van der Waals surface area contributed by atoms with Crippen molar-refractivity contribution < 1.29 is 22.7 Å². The Morgan fingerprint density at radius 2 is 1.96 bits per heavy atom. The van der Waals surface area contributed by atoms with E-state index in [0.29, 0.717) is 6.54 Å². The number of halogens is 3. The Bertz CT molecular complexity index is 836. The molecule has 0 aromatic heterocycles. The maximum atomic E-state index is 13.4. The van der Waals surface area contributed by atoms with E-state index >= 15 is 0 Å². The van der Waals surface area contributed by atoms with Crippen LogP contribution in [0.1, 0.15) is 35.6 Å². The number of nitrogens with zero attached hydrogens (tertiary/aromatic N) is 1. The van der Waals surface area contributed by atoms with Gasteiger partial charge in [0, 0.05) is 6.54 Å². The van der Waals surface area contributed by atoms with E-state index in [0.717, 1.165) is 30.0 Å². The SMILES string of the molecule is COc1ccc(NC(=O)N2CCC[C@@H]2c2ccccc2C)c(C(F)(F)F)c1. The molecular formula is C20H21F3N2O2. The Kier molecular flexibility index (Phi) is 5.30. The molecule has 1 heterocycles. The van der Waals surface area contributed by atoms with Crippen LogP contribution >= 0.6 is 0 Å². The van der Waals surface area contributed by atoms with Crippen molar-refractivity contribution in [3.8, 4) is 5.75 Å². The molecule has 2 aromatic rings. The molecule has 1 N–H and O–H groups in total. The number of hydrogen-bond donors (Lipinski definition) is 1. The van der Waals surface area contributed by atoms with Crippen molar-refractivity contribution in [3.05, 3.63) is 59.2 Å². The normalized spacial score (nSPS) is 17.1. The third kappa shape index (κ3) is 4.02. The van der Waals surface area contributed by atoms with Crippen LogP contribution in [0.2, 0.25) is 0 Å². The molecule has 2 amide bonds. The van der Waals surface area contributed by atoms with Gasteiger partial charge in [-0.1, -0.05) is 24.3 Å². The van der Waals surface area contributed by atoms with Crippen molar-refractivity contribution >= 4 is 11.7 Å². The fourth-order valence-electron chi connectivity index (χ4n) is 3.47. The van der Waals surface area contributed by atoms with Crippen LogP contribution in [0.4, 0.5) is 23.7 Å². The molecule has 144 valence electrons. The number of aryl methyl sites for hydroxylation is 1. The highest BCUT2D eigenvalue weighted by Crippen LogP contribution is 2.38. The summed E-state index contributed by atoms with van der Waals surface area (Å²) in [5, 5.41) is 2.44. The lowest BCUT2D eigenvalue weighted by Crippen LogP contribution is -2.35. The van der Waals surface area contributed by atoms with Gasteiger partial charge in [-0.25, -0.2) is 4.79 Å². The summed E-state index contributed by atoms with van der Waals surface area (Å²) < 4.78 is 45.0. The fourth-order valence-corrected chi connectivity index (χ4v) is 3.47. The molecule has 7 heteroatoms. The number of anilines is 1. The monoisotopic (exact) mass is 378 g/mol. The van der Waals surface area contributed by atoms with Crippen LogP contribution < -0.4 is 10.1 Å². The molecule has 27 heavy (non-hydrogen) atoms. The van der Waals surface area contributed by atoms with E-state index in [1.165, 1.54) is 19.2 Å². The molecule has 0 unspecified atom stereocenters. The molecule has 1 fully saturated rings. The minimum absolute atomic E-state index is 0.0827. The largest absolute Gasteiger partial charge is 0.497 e. The second-order valence-electron chi connectivity index (χ2n) is 6.55. The van der Waals surface area contributed by atoms with Gasteiger partial charge in [-0.15, -0.1) is 0 Å². The summed E-state index contributed by atoms with van der Waals surface area (Å²) >= 11 is 0. The van der Waals surface area contributed by atoms with E-state index < -0.39 is 17.8 Å². The summed E-state index contributed by atoms with van der Waals surface area (Å²) in [6.07, 6.45) is -3.01.